The summed E-state index contributed by atoms with van der Waals surface area (Å²) in [4.78, 5) is 1.90. The minimum absolute atomic E-state index is 0. The zero-order valence-corrected chi connectivity index (χ0v) is 6.02. The van der Waals surface area contributed by atoms with Crippen LogP contribution in [0.4, 0.5) is 0 Å². The minimum atomic E-state index is 0. The zero-order chi connectivity index (χ0) is 6.57. The first-order valence-corrected chi connectivity index (χ1v) is 2.66. The van der Waals surface area contributed by atoms with E-state index in [1.54, 1.807) is 0 Å². The van der Waals surface area contributed by atoms with Crippen molar-refractivity contribution in [3.63, 3.8) is 0 Å². The van der Waals surface area contributed by atoms with Gasteiger partial charge in [-0.2, -0.15) is 0 Å². The molecule has 0 atom stereocenters. The van der Waals surface area contributed by atoms with E-state index in [2.05, 4.69) is 6.58 Å². The Morgan fingerprint density at radius 1 is 1.67 bits per heavy atom. The summed E-state index contributed by atoms with van der Waals surface area (Å²) in [5.41, 5.74) is 0.985. The number of hydrogen-bond donors (Lipinski definition) is 1. The molecule has 0 aromatic heterocycles. The summed E-state index contributed by atoms with van der Waals surface area (Å²) in [6.45, 7) is 6.47. The van der Waals surface area contributed by atoms with Crippen molar-refractivity contribution in [1.82, 2.24) is 4.90 Å². The average molecular weight is 133 g/mol. The van der Waals surface area contributed by atoms with Gasteiger partial charge in [0.15, 0.2) is 0 Å². The summed E-state index contributed by atoms with van der Waals surface area (Å²) < 4.78 is 0. The van der Waals surface area contributed by atoms with Crippen LogP contribution in [0.25, 0.3) is 0 Å². The van der Waals surface area contributed by atoms with Crippen LogP contribution in [-0.2, 0) is 0 Å². The molecular formula is C6H15NO2. The molecule has 0 fully saturated rings. The molecule has 3 heteroatoms. The second kappa shape index (κ2) is 5.59. The van der Waals surface area contributed by atoms with E-state index in [4.69, 9.17) is 5.11 Å². The normalized spacial score (nSPS) is 7.89. The molecule has 0 saturated heterocycles. The lowest BCUT2D eigenvalue weighted by molar-refractivity contribution is 0.246. The number of hydrogen-bond acceptors (Lipinski definition) is 2. The number of allylic oxidation sites excluding steroid dienone is 1. The van der Waals surface area contributed by atoms with Crippen molar-refractivity contribution in [2.75, 3.05) is 20.2 Å². The van der Waals surface area contributed by atoms with Gasteiger partial charge in [0.05, 0.1) is 6.61 Å². The Balaban J connectivity index is 0. The lowest BCUT2D eigenvalue weighted by Gasteiger charge is -2.16. The van der Waals surface area contributed by atoms with Gasteiger partial charge in [-0.1, -0.05) is 6.58 Å². The van der Waals surface area contributed by atoms with Crippen molar-refractivity contribution in [2.45, 2.75) is 6.92 Å². The van der Waals surface area contributed by atoms with Gasteiger partial charge in [0, 0.05) is 19.3 Å². The molecule has 0 aromatic carbocycles. The molecule has 0 aliphatic heterocycles. The Morgan fingerprint density at radius 3 is 2.22 bits per heavy atom. The molecule has 0 radical (unpaired) electrons. The molecule has 56 valence electrons. The number of likely N-dealkylation sites (N-methyl/N-ethyl adjacent to an activating group) is 1. The molecule has 0 aliphatic carbocycles. The maximum absolute atomic E-state index is 8.40. The number of aliphatic hydroxyl groups is 1. The van der Waals surface area contributed by atoms with E-state index in [0.717, 1.165) is 5.70 Å². The monoisotopic (exact) mass is 133 g/mol. The maximum atomic E-state index is 8.40. The second-order valence-electron chi connectivity index (χ2n) is 1.88. The van der Waals surface area contributed by atoms with E-state index in [0.29, 0.717) is 6.54 Å². The van der Waals surface area contributed by atoms with Crippen molar-refractivity contribution in [3.05, 3.63) is 12.3 Å². The maximum Gasteiger partial charge on any atom is 0.0606 e. The Labute approximate surface area is 55.9 Å². The van der Waals surface area contributed by atoms with Crippen molar-refractivity contribution in [2.24, 2.45) is 0 Å². The van der Waals surface area contributed by atoms with E-state index >= 15 is 0 Å². The molecule has 0 rings (SSSR count). The van der Waals surface area contributed by atoms with Crippen LogP contribution in [0.2, 0.25) is 0 Å². The second-order valence-corrected chi connectivity index (χ2v) is 1.88. The van der Waals surface area contributed by atoms with Crippen LogP contribution in [0, 0.1) is 0 Å². The molecule has 0 aromatic rings. The van der Waals surface area contributed by atoms with Crippen molar-refractivity contribution >= 4 is 0 Å². The number of nitrogens with zero attached hydrogens (tertiary/aromatic N) is 1. The smallest absolute Gasteiger partial charge is 0.0606 e. The summed E-state index contributed by atoms with van der Waals surface area (Å²) in [6, 6.07) is 0. The zero-order valence-electron chi connectivity index (χ0n) is 6.02. The van der Waals surface area contributed by atoms with Crippen LogP contribution in [-0.4, -0.2) is 35.7 Å². The molecule has 0 aliphatic rings. The molecule has 0 bridgehead atoms. The fraction of sp³-hybridized carbons (Fsp3) is 0.667. The van der Waals surface area contributed by atoms with Crippen LogP contribution in [0.3, 0.4) is 0 Å². The fourth-order valence-electron chi connectivity index (χ4n) is 0.341. The van der Waals surface area contributed by atoms with Crippen LogP contribution in [0.15, 0.2) is 12.3 Å². The third-order valence-electron chi connectivity index (χ3n) is 1.09. The first-order valence-electron chi connectivity index (χ1n) is 2.66. The van der Waals surface area contributed by atoms with E-state index in [9.17, 15) is 0 Å². The highest BCUT2D eigenvalue weighted by atomic mass is 16.3. The third kappa shape index (κ3) is 5.33. The highest BCUT2D eigenvalue weighted by molar-refractivity contribution is 4.85. The highest BCUT2D eigenvalue weighted by Crippen LogP contribution is 1.92. The van der Waals surface area contributed by atoms with E-state index < -0.39 is 0 Å². The van der Waals surface area contributed by atoms with Crippen molar-refractivity contribution in [1.29, 1.82) is 0 Å². The van der Waals surface area contributed by atoms with Gasteiger partial charge in [-0.3, -0.25) is 0 Å². The predicted molar refractivity (Wildman–Crippen MR) is 38.1 cm³/mol. The average Bonchev–Trinajstić information content (AvgIpc) is 1.67. The summed E-state index contributed by atoms with van der Waals surface area (Å²) in [5, 5.41) is 8.40. The van der Waals surface area contributed by atoms with Gasteiger partial charge in [-0.25, -0.2) is 0 Å². The number of aliphatic hydroxyl groups excluding tert-OH is 1. The highest BCUT2D eigenvalue weighted by Gasteiger charge is 1.91. The lowest BCUT2D eigenvalue weighted by Crippen LogP contribution is -2.18. The van der Waals surface area contributed by atoms with Crippen LogP contribution in [0.5, 0.6) is 0 Å². The van der Waals surface area contributed by atoms with Crippen molar-refractivity contribution < 1.29 is 10.6 Å². The molecule has 0 unspecified atom stereocenters. The lowest BCUT2D eigenvalue weighted by atomic mass is 10.5. The predicted octanol–water partition coefficient (Wildman–Crippen LogP) is -0.381. The fourth-order valence-corrected chi connectivity index (χ4v) is 0.341. The Hall–Kier alpha value is -0.540. The SMILES string of the molecule is C=C(C)N(C)CCO.O. The molecule has 3 N–H and O–H groups in total. The molecule has 9 heavy (non-hydrogen) atoms. The molecule has 0 heterocycles. The molecule has 0 amide bonds. The summed E-state index contributed by atoms with van der Waals surface area (Å²) in [5.74, 6) is 0. The van der Waals surface area contributed by atoms with Gasteiger partial charge in [0.25, 0.3) is 0 Å². The van der Waals surface area contributed by atoms with Gasteiger partial charge >= 0.3 is 0 Å². The first kappa shape index (κ1) is 11.3. The standard InChI is InChI=1S/C6H13NO.H2O/c1-6(2)7(3)4-5-8;/h8H,1,4-5H2,2-3H3;1H2. The molecular weight excluding hydrogens is 118 g/mol. The van der Waals surface area contributed by atoms with E-state index in [-0.39, 0.29) is 12.1 Å². The van der Waals surface area contributed by atoms with E-state index in [1.807, 2.05) is 18.9 Å². The van der Waals surface area contributed by atoms with Gasteiger partial charge < -0.3 is 15.5 Å². The van der Waals surface area contributed by atoms with Crippen LogP contribution < -0.4 is 0 Å². The van der Waals surface area contributed by atoms with Crippen LogP contribution >= 0.6 is 0 Å². The summed E-state index contributed by atoms with van der Waals surface area (Å²) in [6.07, 6.45) is 0. The van der Waals surface area contributed by atoms with Gasteiger partial charge in [-0.05, 0) is 6.92 Å². The van der Waals surface area contributed by atoms with Gasteiger partial charge in [-0.15, -0.1) is 0 Å². The van der Waals surface area contributed by atoms with Crippen LogP contribution in [0.1, 0.15) is 6.92 Å². The Kier molecular flexibility index (Phi) is 7.01. The summed E-state index contributed by atoms with van der Waals surface area (Å²) >= 11 is 0. The quantitative estimate of drug-likeness (QED) is 0.570. The van der Waals surface area contributed by atoms with Gasteiger partial charge in [0.1, 0.15) is 0 Å². The molecule has 0 saturated carbocycles. The Morgan fingerprint density at radius 2 is 2.11 bits per heavy atom. The Bertz CT molecular complexity index is 83.1. The third-order valence-corrected chi connectivity index (χ3v) is 1.09. The van der Waals surface area contributed by atoms with Crippen molar-refractivity contribution in [3.8, 4) is 0 Å². The number of rotatable bonds is 3. The molecule has 0 spiro atoms. The molecule has 3 nitrogen and oxygen atoms in total. The summed E-state index contributed by atoms with van der Waals surface area (Å²) in [7, 11) is 1.90. The van der Waals surface area contributed by atoms with E-state index in [1.165, 1.54) is 0 Å². The minimum Gasteiger partial charge on any atom is -0.412 e. The largest absolute Gasteiger partial charge is 0.412 e. The topological polar surface area (TPSA) is 55.0 Å². The van der Waals surface area contributed by atoms with Gasteiger partial charge in [0.2, 0.25) is 0 Å². The first-order chi connectivity index (χ1) is 3.68.